The van der Waals surface area contributed by atoms with Gasteiger partial charge in [-0.3, -0.25) is 0 Å². The minimum Gasteiger partial charge on any atom is -0.493 e. The minimum atomic E-state index is 0.548. The van der Waals surface area contributed by atoms with Crippen LogP contribution in [0, 0.1) is 0 Å². The van der Waals surface area contributed by atoms with Crippen molar-refractivity contribution in [1.29, 1.82) is 0 Å². The largest absolute Gasteiger partial charge is 0.493 e. The maximum atomic E-state index is 6.36. The van der Waals surface area contributed by atoms with Crippen molar-refractivity contribution < 1.29 is 9.47 Å². The summed E-state index contributed by atoms with van der Waals surface area (Å²) in [6.45, 7) is 0.578. The molecule has 0 fully saturated rings. The Morgan fingerprint density at radius 1 is 1.10 bits per heavy atom. The molecule has 0 saturated carbocycles. The van der Waals surface area contributed by atoms with Crippen molar-refractivity contribution in [1.82, 2.24) is 0 Å². The Morgan fingerprint density at radius 2 is 1.86 bits per heavy atom. The highest BCUT2D eigenvalue weighted by molar-refractivity contribution is 9.11. The van der Waals surface area contributed by atoms with Crippen LogP contribution in [-0.2, 0) is 6.54 Å². The molecule has 112 valence electrons. The fourth-order valence-corrected chi connectivity index (χ4v) is 2.94. The van der Waals surface area contributed by atoms with Crippen molar-refractivity contribution in [2.75, 3.05) is 19.5 Å². The van der Waals surface area contributed by atoms with Gasteiger partial charge in [0.2, 0.25) is 0 Å². The monoisotopic (exact) mass is 433 g/mol. The molecular formula is C15H14Br2ClNO2. The van der Waals surface area contributed by atoms with Gasteiger partial charge in [-0.25, -0.2) is 0 Å². The quantitative estimate of drug-likeness (QED) is 0.673. The maximum Gasteiger partial charge on any atom is 0.179 e. The number of benzene rings is 2. The first-order chi connectivity index (χ1) is 10.1. The highest BCUT2D eigenvalue weighted by atomic mass is 79.9. The Bertz CT molecular complexity index is 650. The fraction of sp³-hybridized carbons (Fsp3) is 0.200. The van der Waals surface area contributed by atoms with E-state index >= 15 is 0 Å². The van der Waals surface area contributed by atoms with E-state index in [-0.39, 0.29) is 0 Å². The summed E-state index contributed by atoms with van der Waals surface area (Å²) in [6, 6.07) is 9.71. The van der Waals surface area contributed by atoms with Gasteiger partial charge in [0.1, 0.15) is 0 Å². The van der Waals surface area contributed by atoms with Gasteiger partial charge >= 0.3 is 0 Å². The number of halogens is 3. The van der Waals surface area contributed by atoms with Crippen LogP contribution in [0.2, 0.25) is 5.02 Å². The molecule has 3 nitrogen and oxygen atoms in total. The molecule has 0 aliphatic carbocycles. The van der Waals surface area contributed by atoms with E-state index in [4.69, 9.17) is 21.1 Å². The molecule has 0 aliphatic heterocycles. The summed E-state index contributed by atoms with van der Waals surface area (Å²) in [5, 5.41) is 3.89. The maximum absolute atomic E-state index is 6.36. The molecule has 0 unspecified atom stereocenters. The normalized spacial score (nSPS) is 10.3. The summed E-state index contributed by atoms with van der Waals surface area (Å²) in [5.41, 5.74) is 1.91. The molecule has 0 aromatic heterocycles. The van der Waals surface area contributed by atoms with Crippen LogP contribution in [0.3, 0.4) is 0 Å². The highest BCUT2D eigenvalue weighted by Gasteiger charge is 2.13. The first kappa shape index (κ1) is 16.5. The van der Waals surface area contributed by atoms with E-state index in [0.717, 1.165) is 20.2 Å². The Hall–Kier alpha value is -0.910. The molecule has 0 radical (unpaired) electrons. The second-order valence-corrected chi connectivity index (χ2v) is 6.40. The number of methoxy groups -OCH3 is 2. The Kier molecular flexibility index (Phi) is 5.79. The van der Waals surface area contributed by atoms with Crippen LogP contribution in [0.4, 0.5) is 5.69 Å². The fourth-order valence-electron chi connectivity index (χ4n) is 1.89. The summed E-state index contributed by atoms with van der Waals surface area (Å²) >= 11 is 13.3. The molecule has 6 heteroatoms. The van der Waals surface area contributed by atoms with E-state index in [1.165, 1.54) is 0 Å². The van der Waals surface area contributed by atoms with Gasteiger partial charge in [-0.2, -0.15) is 0 Å². The van der Waals surface area contributed by atoms with Crippen LogP contribution in [0.1, 0.15) is 5.56 Å². The topological polar surface area (TPSA) is 30.5 Å². The van der Waals surface area contributed by atoms with Crippen molar-refractivity contribution in [3.8, 4) is 11.5 Å². The third kappa shape index (κ3) is 3.84. The van der Waals surface area contributed by atoms with E-state index in [0.29, 0.717) is 23.1 Å². The second-order valence-electron chi connectivity index (χ2n) is 4.25. The smallest absolute Gasteiger partial charge is 0.179 e. The SMILES string of the molecule is COc1ccc(CNc2cc(Br)ccc2Br)c(Cl)c1OC. The Labute approximate surface area is 145 Å². The Morgan fingerprint density at radius 3 is 2.52 bits per heavy atom. The van der Waals surface area contributed by atoms with Gasteiger partial charge in [0.05, 0.1) is 19.2 Å². The highest BCUT2D eigenvalue weighted by Crippen LogP contribution is 2.37. The number of hydrogen-bond acceptors (Lipinski definition) is 3. The molecule has 2 rings (SSSR count). The number of hydrogen-bond donors (Lipinski definition) is 1. The molecule has 1 N–H and O–H groups in total. The standard InChI is InChI=1S/C15H14Br2ClNO2/c1-20-13-6-3-9(14(18)15(13)21-2)8-19-12-7-10(16)4-5-11(12)17/h3-7,19H,8H2,1-2H3. The zero-order chi connectivity index (χ0) is 15.4. The lowest BCUT2D eigenvalue weighted by Crippen LogP contribution is -2.02. The van der Waals surface area contributed by atoms with Crippen LogP contribution >= 0.6 is 43.5 Å². The lowest BCUT2D eigenvalue weighted by atomic mass is 10.2. The van der Waals surface area contributed by atoms with Gasteiger partial charge in [-0.15, -0.1) is 0 Å². The van der Waals surface area contributed by atoms with Crippen molar-refractivity contribution in [3.05, 3.63) is 49.9 Å². The molecule has 21 heavy (non-hydrogen) atoms. The molecule has 0 amide bonds. The van der Waals surface area contributed by atoms with Crippen molar-refractivity contribution in [3.63, 3.8) is 0 Å². The molecule has 2 aromatic carbocycles. The third-order valence-electron chi connectivity index (χ3n) is 2.96. The molecule has 0 spiro atoms. The van der Waals surface area contributed by atoms with Crippen LogP contribution in [-0.4, -0.2) is 14.2 Å². The van der Waals surface area contributed by atoms with Gasteiger partial charge < -0.3 is 14.8 Å². The van der Waals surface area contributed by atoms with Crippen molar-refractivity contribution >= 4 is 49.1 Å². The van der Waals surface area contributed by atoms with E-state index in [9.17, 15) is 0 Å². The lowest BCUT2D eigenvalue weighted by Gasteiger charge is -2.14. The van der Waals surface area contributed by atoms with Crippen LogP contribution in [0.25, 0.3) is 0 Å². The zero-order valence-electron chi connectivity index (χ0n) is 11.5. The summed E-state index contributed by atoms with van der Waals surface area (Å²) in [4.78, 5) is 0. The van der Waals surface area contributed by atoms with E-state index < -0.39 is 0 Å². The van der Waals surface area contributed by atoms with Crippen molar-refractivity contribution in [2.45, 2.75) is 6.54 Å². The van der Waals surface area contributed by atoms with Gasteiger partial charge in [0.25, 0.3) is 0 Å². The van der Waals surface area contributed by atoms with E-state index in [1.807, 2.05) is 30.3 Å². The van der Waals surface area contributed by atoms with Gasteiger partial charge in [-0.1, -0.05) is 33.6 Å². The molecule has 0 bridgehead atoms. The summed E-state index contributed by atoms with van der Waals surface area (Å²) < 4.78 is 12.5. The van der Waals surface area contributed by atoms with Gasteiger partial charge in [0, 0.05) is 21.2 Å². The summed E-state index contributed by atoms with van der Waals surface area (Å²) in [5.74, 6) is 1.17. The molecule has 0 atom stereocenters. The van der Waals surface area contributed by atoms with Crippen LogP contribution in [0.15, 0.2) is 39.3 Å². The number of rotatable bonds is 5. The molecule has 0 heterocycles. The predicted octanol–water partition coefficient (Wildman–Crippen LogP) is 5.49. The van der Waals surface area contributed by atoms with Gasteiger partial charge in [0.15, 0.2) is 11.5 Å². The minimum absolute atomic E-state index is 0.548. The first-order valence-electron chi connectivity index (χ1n) is 6.15. The number of anilines is 1. The first-order valence-corrected chi connectivity index (χ1v) is 8.11. The van der Waals surface area contributed by atoms with E-state index in [2.05, 4.69) is 37.2 Å². The molecule has 0 saturated heterocycles. The molecule has 2 aromatic rings. The summed E-state index contributed by atoms with van der Waals surface area (Å²) in [6.07, 6.45) is 0. The van der Waals surface area contributed by atoms with Crippen molar-refractivity contribution in [2.24, 2.45) is 0 Å². The summed E-state index contributed by atoms with van der Waals surface area (Å²) in [7, 11) is 3.16. The van der Waals surface area contributed by atoms with Crippen LogP contribution in [0.5, 0.6) is 11.5 Å². The molecular weight excluding hydrogens is 421 g/mol. The van der Waals surface area contributed by atoms with Crippen LogP contribution < -0.4 is 14.8 Å². The van der Waals surface area contributed by atoms with E-state index in [1.54, 1.807) is 14.2 Å². The van der Waals surface area contributed by atoms with Gasteiger partial charge in [-0.05, 0) is 45.8 Å². The average molecular weight is 436 g/mol. The number of nitrogens with one attached hydrogen (secondary N) is 1. The third-order valence-corrected chi connectivity index (χ3v) is 4.56. The zero-order valence-corrected chi connectivity index (χ0v) is 15.5. The second kappa shape index (κ2) is 7.38. The number of ether oxygens (including phenoxy) is 2. The molecule has 0 aliphatic rings. The Balaban J connectivity index is 2.22. The lowest BCUT2D eigenvalue weighted by molar-refractivity contribution is 0.355. The predicted molar refractivity (Wildman–Crippen MR) is 93.7 cm³/mol. The average Bonchev–Trinajstić information content (AvgIpc) is 2.48.